The van der Waals surface area contributed by atoms with Gasteiger partial charge >= 0.3 is 6.18 Å². The van der Waals surface area contributed by atoms with Gasteiger partial charge in [-0.3, -0.25) is 4.90 Å². The number of aromatic nitrogens is 1. The highest BCUT2D eigenvalue weighted by Crippen LogP contribution is 2.37. The van der Waals surface area contributed by atoms with Gasteiger partial charge in [0.05, 0.1) is 0 Å². The maximum absolute atomic E-state index is 13.4. The van der Waals surface area contributed by atoms with E-state index in [0.717, 1.165) is 19.5 Å². The minimum absolute atomic E-state index is 0.0497. The third-order valence-electron chi connectivity index (χ3n) is 4.28. The normalized spacial score (nSPS) is 20.0. The molecule has 1 aromatic carbocycles. The summed E-state index contributed by atoms with van der Waals surface area (Å²) in [6.45, 7) is 8.24. The van der Waals surface area contributed by atoms with E-state index in [4.69, 9.17) is 4.42 Å². The van der Waals surface area contributed by atoms with Crippen molar-refractivity contribution in [3.8, 4) is 0 Å². The van der Waals surface area contributed by atoms with E-state index in [2.05, 4.69) is 16.8 Å². The quantitative estimate of drug-likeness (QED) is 0.810. The molecule has 3 nitrogen and oxygen atoms in total. The topological polar surface area (TPSA) is 29.3 Å². The molecule has 23 heavy (non-hydrogen) atoms. The second-order valence-corrected chi connectivity index (χ2v) is 6.83. The van der Waals surface area contributed by atoms with E-state index in [1.54, 1.807) is 6.07 Å². The maximum Gasteiger partial charge on any atom is 0.420 e. The lowest BCUT2D eigenvalue weighted by atomic mass is 10.1. The molecule has 2 aromatic rings. The Morgan fingerprint density at radius 1 is 1.35 bits per heavy atom. The first-order valence-electron chi connectivity index (χ1n) is 7.97. The van der Waals surface area contributed by atoms with E-state index >= 15 is 0 Å². The van der Waals surface area contributed by atoms with Crippen LogP contribution in [0.3, 0.4) is 0 Å². The molecule has 0 amide bonds. The van der Waals surface area contributed by atoms with E-state index in [0.29, 0.717) is 29.4 Å². The van der Waals surface area contributed by atoms with E-state index in [1.807, 2.05) is 13.8 Å². The Balaban J connectivity index is 2.02. The fourth-order valence-electron chi connectivity index (χ4n) is 3.09. The van der Waals surface area contributed by atoms with Gasteiger partial charge in [0.15, 0.2) is 11.5 Å². The van der Waals surface area contributed by atoms with Crippen LogP contribution in [0.15, 0.2) is 16.5 Å². The Labute approximate surface area is 133 Å². The van der Waals surface area contributed by atoms with Gasteiger partial charge in [-0.2, -0.15) is 13.2 Å². The van der Waals surface area contributed by atoms with Gasteiger partial charge in [-0.15, -0.1) is 0 Å². The fourth-order valence-corrected chi connectivity index (χ4v) is 3.09. The van der Waals surface area contributed by atoms with Crippen LogP contribution in [0.4, 0.5) is 13.2 Å². The van der Waals surface area contributed by atoms with E-state index in [1.165, 1.54) is 6.07 Å². The number of hydrogen-bond donors (Lipinski definition) is 0. The van der Waals surface area contributed by atoms with Crippen molar-refractivity contribution >= 4 is 11.1 Å². The number of oxazole rings is 1. The van der Waals surface area contributed by atoms with Crippen molar-refractivity contribution < 1.29 is 17.6 Å². The summed E-state index contributed by atoms with van der Waals surface area (Å²) in [5.74, 6) is 0.893. The van der Waals surface area contributed by atoms with Crippen molar-refractivity contribution in [3.05, 3.63) is 29.2 Å². The van der Waals surface area contributed by atoms with Gasteiger partial charge < -0.3 is 4.42 Å². The summed E-state index contributed by atoms with van der Waals surface area (Å²) in [4.78, 5) is 6.44. The Bertz CT molecular complexity index is 706. The molecule has 0 spiro atoms. The molecular weight excluding hydrogens is 305 g/mol. The van der Waals surface area contributed by atoms with Crippen molar-refractivity contribution in [1.29, 1.82) is 0 Å². The predicted octanol–water partition coefficient (Wildman–Crippen LogP) is 4.81. The van der Waals surface area contributed by atoms with Crippen LogP contribution in [-0.4, -0.2) is 23.0 Å². The number of halogens is 3. The highest BCUT2D eigenvalue weighted by molar-refractivity contribution is 5.78. The van der Waals surface area contributed by atoms with Crippen molar-refractivity contribution in [2.24, 2.45) is 5.92 Å². The number of hydrogen-bond acceptors (Lipinski definition) is 3. The van der Waals surface area contributed by atoms with Crippen LogP contribution in [0.5, 0.6) is 0 Å². The van der Waals surface area contributed by atoms with Gasteiger partial charge in [-0.25, -0.2) is 4.98 Å². The van der Waals surface area contributed by atoms with Crippen molar-refractivity contribution in [3.63, 3.8) is 0 Å². The molecule has 126 valence electrons. The monoisotopic (exact) mass is 326 g/mol. The van der Waals surface area contributed by atoms with Crippen LogP contribution in [0.2, 0.25) is 0 Å². The smallest absolute Gasteiger partial charge is 0.420 e. The van der Waals surface area contributed by atoms with Crippen LogP contribution in [0.1, 0.15) is 50.1 Å². The molecule has 2 heterocycles. The van der Waals surface area contributed by atoms with Crippen molar-refractivity contribution in [1.82, 2.24) is 9.88 Å². The van der Waals surface area contributed by atoms with Gasteiger partial charge in [0, 0.05) is 19.0 Å². The fraction of sp³-hybridized carbons (Fsp3) is 0.588. The summed E-state index contributed by atoms with van der Waals surface area (Å²) >= 11 is 0. The molecule has 1 aliphatic rings. The first-order chi connectivity index (χ1) is 10.7. The van der Waals surface area contributed by atoms with Gasteiger partial charge in [0.25, 0.3) is 0 Å². The summed E-state index contributed by atoms with van der Waals surface area (Å²) in [5.41, 5.74) is 0.0599. The molecule has 1 aliphatic heterocycles. The van der Waals surface area contributed by atoms with Crippen molar-refractivity contribution in [2.75, 3.05) is 13.1 Å². The van der Waals surface area contributed by atoms with Gasteiger partial charge in [-0.05, 0) is 36.6 Å². The lowest BCUT2D eigenvalue weighted by Gasteiger charge is -2.16. The highest BCUT2D eigenvalue weighted by Gasteiger charge is 2.36. The maximum atomic E-state index is 13.4. The Kier molecular flexibility index (Phi) is 4.12. The summed E-state index contributed by atoms with van der Waals surface area (Å²) < 4.78 is 45.5. The molecule has 0 radical (unpaired) electrons. The number of benzene rings is 1. The minimum atomic E-state index is -4.44. The minimum Gasteiger partial charge on any atom is -0.440 e. The molecule has 0 saturated carbocycles. The molecule has 0 N–H and O–H groups in total. The number of fused-ring (bicyclic) bond motifs is 1. The first kappa shape index (κ1) is 16.3. The van der Waals surface area contributed by atoms with Crippen LogP contribution in [0, 0.1) is 5.92 Å². The summed E-state index contributed by atoms with van der Waals surface area (Å²) in [7, 11) is 0. The zero-order valence-electron chi connectivity index (χ0n) is 13.6. The zero-order valence-corrected chi connectivity index (χ0v) is 13.6. The molecule has 0 bridgehead atoms. The van der Waals surface area contributed by atoms with E-state index < -0.39 is 11.7 Å². The Hall–Kier alpha value is -1.56. The summed E-state index contributed by atoms with van der Waals surface area (Å²) in [6, 6.07) is 2.93. The lowest BCUT2D eigenvalue weighted by molar-refractivity contribution is -0.136. The lowest BCUT2D eigenvalue weighted by Crippen LogP contribution is -2.20. The Morgan fingerprint density at radius 3 is 2.65 bits per heavy atom. The van der Waals surface area contributed by atoms with Crippen LogP contribution in [0.25, 0.3) is 11.1 Å². The number of nitrogens with zero attached hydrogens (tertiary/aromatic N) is 2. The third kappa shape index (κ3) is 3.37. The second-order valence-electron chi connectivity index (χ2n) is 6.83. The van der Waals surface area contributed by atoms with Crippen LogP contribution in [-0.2, 0) is 12.7 Å². The second kappa shape index (κ2) is 5.82. The molecule has 1 fully saturated rings. The largest absolute Gasteiger partial charge is 0.440 e. The SMILES string of the molecule is CC(C)c1nc2cc(CN3CC[C@@H](C)C3)cc(C(F)(F)F)c2o1. The summed E-state index contributed by atoms with van der Waals surface area (Å²) in [6.07, 6.45) is -3.35. The van der Waals surface area contributed by atoms with Gasteiger partial charge in [-0.1, -0.05) is 20.8 Å². The molecule has 0 aliphatic carbocycles. The third-order valence-corrected chi connectivity index (χ3v) is 4.28. The number of likely N-dealkylation sites (tertiary alicyclic amines) is 1. The molecule has 3 rings (SSSR count). The number of alkyl halides is 3. The molecule has 6 heteroatoms. The average Bonchev–Trinajstić information content (AvgIpc) is 3.03. The molecule has 1 saturated heterocycles. The van der Waals surface area contributed by atoms with E-state index in [9.17, 15) is 13.2 Å². The zero-order chi connectivity index (χ0) is 16.8. The molecular formula is C17H21F3N2O. The molecule has 0 unspecified atom stereocenters. The predicted molar refractivity (Wildman–Crippen MR) is 82.2 cm³/mol. The highest BCUT2D eigenvalue weighted by atomic mass is 19.4. The average molecular weight is 326 g/mol. The first-order valence-corrected chi connectivity index (χ1v) is 7.97. The number of rotatable bonds is 3. The van der Waals surface area contributed by atoms with Crippen LogP contribution < -0.4 is 0 Å². The van der Waals surface area contributed by atoms with Gasteiger partial charge in [0.1, 0.15) is 11.1 Å². The van der Waals surface area contributed by atoms with E-state index in [-0.39, 0.29) is 11.5 Å². The van der Waals surface area contributed by atoms with Crippen LogP contribution >= 0.6 is 0 Å². The molecule has 1 atom stereocenters. The Morgan fingerprint density at radius 2 is 2.09 bits per heavy atom. The summed E-state index contributed by atoms with van der Waals surface area (Å²) in [5, 5.41) is 0. The van der Waals surface area contributed by atoms with Gasteiger partial charge in [0.2, 0.25) is 0 Å². The molecule has 1 aromatic heterocycles. The van der Waals surface area contributed by atoms with Crippen molar-refractivity contribution in [2.45, 2.75) is 45.8 Å². The standard InChI is InChI=1S/C17H21F3N2O/c1-10(2)16-21-14-7-12(9-22-5-4-11(3)8-22)6-13(15(14)23-16)17(18,19)20/h6-7,10-11H,4-5,8-9H2,1-3H3/t11-/m1/s1.